The van der Waals surface area contributed by atoms with Crippen LogP contribution in [0.2, 0.25) is 0 Å². The van der Waals surface area contributed by atoms with Crippen molar-refractivity contribution in [1.82, 2.24) is 19.6 Å². The molecule has 0 spiro atoms. The molecule has 0 fully saturated rings. The van der Waals surface area contributed by atoms with Gasteiger partial charge in [-0.25, -0.2) is 9.48 Å². The van der Waals surface area contributed by atoms with Crippen molar-refractivity contribution >= 4 is 17.8 Å². The maximum Gasteiger partial charge on any atom is 0.319 e. The molecule has 0 aliphatic heterocycles. The molecule has 2 aromatic rings. The normalized spacial score (nSPS) is 11.3. The van der Waals surface area contributed by atoms with Crippen molar-refractivity contribution in [3.63, 3.8) is 0 Å². The van der Waals surface area contributed by atoms with E-state index in [0.717, 1.165) is 23.4 Å². The molecule has 1 aromatic heterocycles. The van der Waals surface area contributed by atoms with E-state index in [4.69, 9.17) is 5.10 Å². The maximum atomic E-state index is 12.8. The number of aryl methyl sites for hydroxylation is 1. The Kier molecular flexibility index (Phi) is 7.06. The van der Waals surface area contributed by atoms with Gasteiger partial charge in [-0.3, -0.25) is 4.79 Å². The van der Waals surface area contributed by atoms with Crippen LogP contribution < -0.4 is 5.32 Å². The van der Waals surface area contributed by atoms with Gasteiger partial charge in [0.25, 0.3) is 0 Å². The summed E-state index contributed by atoms with van der Waals surface area (Å²) in [5, 5.41) is 7.72. The molecule has 7 heteroatoms. The fraction of sp³-hybridized carbons (Fsp3) is 0.500. The minimum absolute atomic E-state index is 0.00530. The third-order valence-corrected chi connectivity index (χ3v) is 4.57. The molecule has 0 saturated carbocycles. The van der Waals surface area contributed by atoms with Crippen LogP contribution in [0.25, 0.3) is 5.69 Å². The average molecular weight is 400 g/mol. The molecule has 29 heavy (non-hydrogen) atoms. The summed E-state index contributed by atoms with van der Waals surface area (Å²) in [6.45, 7) is 10.8. The van der Waals surface area contributed by atoms with Crippen LogP contribution in [0, 0.1) is 6.92 Å². The molecule has 0 saturated heterocycles. The first-order valence-electron chi connectivity index (χ1n) is 9.97. The minimum atomic E-state index is -0.246. The van der Waals surface area contributed by atoms with Gasteiger partial charge in [0.15, 0.2) is 0 Å². The number of rotatable bonds is 6. The zero-order valence-electron chi connectivity index (χ0n) is 18.6. The molecule has 7 nitrogen and oxygen atoms in total. The number of hydrogen-bond donors (Lipinski definition) is 1. The fourth-order valence-electron chi connectivity index (χ4n) is 2.97. The first kappa shape index (κ1) is 22.5. The third kappa shape index (κ3) is 5.59. The van der Waals surface area contributed by atoms with Gasteiger partial charge in [0.2, 0.25) is 5.91 Å². The molecule has 1 heterocycles. The van der Waals surface area contributed by atoms with Gasteiger partial charge in [-0.15, -0.1) is 0 Å². The molecule has 0 unspecified atom stereocenters. The number of carbonyl (C=O) groups excluding carboxylic acids is 2. The Balaban J connectivity index is 2.33. The second kappa shape index (κ2) is 9.11. The third-order valence-electron chi connectivity index (χ3n) is 4.57. The van der Waals surface area contributed by atoms with E-state index >= 15 is 0 Å². The largest absolute Gasteiger partial charge is 0.331 e. The lowest BCUT2D eigenvalue weighted by Crippen LogP contribution is -2.43. The quantitative estimate of drug-likeness (QED) is 0.803. The summed E-state index contributed by atoms with van der Waals surface area (Å²) in [6, 6.07) is 9.64. The van der Waals surface area contributed by atoms with Gasteiger partial charge >= 0.3 is 6.03 Å². The summed E-state index contributed by atoms with van der Waals surface area (Å²) in [5.41, 5.74) is 2.68. The van der Waals surface area contributed by atoms with E-state index in [2.05, 4.69) is 26.1 Å². The van der Waals surface area contributed by atoms with E-state index in [1.165, 1.54) is 4.90 Å². The Morgan fingerprint density at radius 2 is 1.83 bits per heavy atom. The van der Waals surface area contributed by atoms with Crippen LogP contribution >= 0.6 is 0 Å². The van der Waals surface area contributed by atoms with Crippen LogP contribution in [-0.4, -0.2) is 58.7 Å². The highest BCUT2D eigenvalue weighted by atomic mass is 16.2. The van der Waals surface area contributed by atoms with E-state index < -0.39 is 0 Å². The SMILES string of the molecule is CCCN(CC(=O)Nc1cc(C(C)(C)C)nn1-c1ccccc1C)C(=O)N(C)C. The van der Waals surface area contributed by atoms with E-state index in [1.807, 2.05) is 44.2 Å². The molecule has 0 aliphatic carbocycles. The smallest absolute Gasteiger partial charge is 0.319 e. The second-order valence-corrected chi connectivity index (χ2v) is 8.51. The lowest BCUT2D eigenvalue weighted by atomic mass is 9.92. The topological polar surface area (TPSA) is 70.5 Å². The molecule has 158 valence electrons. The van der Waals surface area contributed by atoms with E-state index in [1.54, 1.807) is 23.7 Å². The summed E-state index contributed by atoms with van der Waals surface area (Å²) in [4.78, 5) is 28.2. The lowest BCUT2D eigenvalue weighted by molar-refractivity contribution is -0.116. The Morgan fingerprint density at radius 1 is 1.17 bits per heavy atom. The number of benzene rings is 1. The number of para-hydroxylation sites is 1. The van der Waals surface area contributed by atoms with Crippen molar-refractivity contribution in [1.29, 1.82) is 0 Å². The lowest BCUT2D eigenvalue weighted by Gasteiger charge is -2.25. The first-order chi connectivity index (χ1) is 13.5. The van der Waals surface area contributed by atoms with Crippen molar-refractivity contribution in [2.45, 2.75) is 46.5 Å². The number of carbonyl (C=O) groups is 2. The predicted molar refractivity (Wildman–Crippen MR) is 117 cm³/mol. The second-order valence-electron chi connectivity index (χ2n) is 8.51. The molecule has 0 bridgehead atoms. The van der Waals surface area contributed by atoms with Crippen molar-refractivity contribution in [3.8, 4) is 5.69 Å². The van der Waals surface area contributed by atoms with Crippen LogP contribution in [0.4, 0.5) is 10.6 Å². The fourth-order valence-corrected chi connectivity index (χ4v) is 2.97. The van der Waals surface area contributed by atoms with Crippen molar-refractivity contribution < 1.29 is 9.59 Å². The Bertz CT molecular complexity index is 864. The molecular formula is C22H33N5O2. The monoisotopic (exact) mass is 399 g/mol. The molecule has 3 amide bonds. The number of hydrogen-bond acceptors (Lipinski definition) is 3. The van der Waals surface area contributed by atoms with Gasteiger partial charge < -0.3 is 15.1 Å². The van der Waals surface area contributed by atoms with E-state index in [-0.39, 0.29) is 23.9 Å². The Morgan fingerprint density at radius 3 is 2.38 bits per heavy atom. The van der Waals surface area contributed by atoms with Crippen LogP contribution in [0.15, 0.2) is 30.3 Å². The first-order valence-corrected chi connectivity index (χ1v) is 9.97. The molecule has 0 atom stereocenters. The highest BCUT2D eigenvalue weighted by molar-refractivity contribution is 5.94. The van der Waals surface area contributed by atoms with Gasteiger partial charge in [-0.05, 0) is 25.0 Å². The summed E-state index contributed by atoms with van der Waals surface area (Å²) < 4.78 is 1.77. The molecule has 2 rings (SSSR count). The summed E-state index contributed by atoms with van der Waals surface area (Å²) in [7, 11) is 3.37. The number of urea groups is 1. The van der Waals surface area contributed by atoms with Gasteiger partial charge in [-0.1, -0.05) is 45.9 Å². The van der Waals surface area contributed by atoms with Gasteiger partial charge in [0, 0.05) is 32.1 Å². The van der Waals surface area contributed by atoms with Gasteiger partial charge in [0.1, 0.15) is 12.4 Å². The number of aromatic nitrogens is 2. The highest BCUT2D eigenvalue weighted by Crippen LogP contribution is 2.27. The number of anilines is 1. The zero-order valence-corrected chi connectivity index (χ0v) is 18.6. The zero-order chi connectivity index (χ0) is 21.8. The minimum Gasteiger partial charge on any atom is -0.331 e. The molecule has 0 radical (unpaired) electrons. The molecule has 1 aromatic carbocycles. The van der Waals surface area contributed by atoms with Crippen LogP contribution in [0.1, 0.15) is 45.4 Å². The van der Waals surface area contributed by atoms with Crippen LogP contribution in [0.3, 0.4) is 0 Å². The Labute approximate surface area is 173 Å². The highest BCUT2D eigenvalue weighted by Gasteiger charge is 2.23. The van der Waals surface area contributed by atoms with Crippen molar-refractivity contribution in [2.75, 3.05) is 32.5 Å². The summed E-state index contributed by atoms with van der Waals surface area (Å²) in [5.74, 6) is 0.354. The van der Waals surface area contributed by atoms with Crippen molar-refractivity contribution in [3.05, 3.63) is 41.6 Å². The molecule has 0 aliphatic rings. The number of nitrogens with zero attached hydrogens (tertiary/aromatic N) is 4. The van der Waals surface area contributed by atoms with Gasteiger partial charge in [-0.2, -0.15) is 5.10 Å². The molecular weight excluding hydrogens is 366 g/mol. The number of nitrogens with one attached hydrogen (secondary N) is 1. The molecule has 1 N–H and O–H groups in total. The number of amides is 3. The van der Waals surface area contributed by atoms with Gasteiger partial charge in [0.05, 0.1) is 11.4 Å². The van der Waals surface area contributed by atoms with Crippen LogP contribution in [-0.2, 0) is 10.2 Å². The summed E-state index contributed by atoms with van der Waals surface area (Å²) >= 11 is 0. The summed E-state index contributed by atoms with van der Waals surface area (Å²) in [6.07, 6.45) is 0.780. The van der Waals surface area contributed by atoms with E-state index in [0.29, 0.717) is 12.4 Å². The Hall–Kier alpha value is -2.83. The average Bonchev–Trinajstić information content (AvgIpc) is 3.04. The predicted octanol–water partition coefficient (Wildman–Crippen LogP) is 3.81. The standard InChI is InChI=1S/C22H33N5O2/c1-8-13-26(21(29)25(6)7)15-20(28)23-19-14-18(22(3,4)5)24-27(19)17-12-10-9-11-16(17)2/h9-12,14H,8,13,15H2,1-7H3,(H,23,28). The maximum absolute atomic E-state index is 12.8. The van der Waals surface area contributed by atoms with Crippen molar-refractivity contribution in [2.24, 2.45) is 0 Å². The van der Waals surface area contributed by atoms with E-state index in [9.17, 15) is 9.59 Å². The van der Waals surface area contributed by atoms with Crippen LogP contribution in [0.5, 0.6) is 0 Å².